The molecule has 2 aromatic rings. The monoisotopic (exact) mass is 337 g/mol. The Morgan fingerprint density at radius 2 is 2.00 bits per heavy atom. The fourth-order valence-electron chi connectivity index (χ4n) is 3.18. The van der Waals surface area contributed by atoms with Gasteiger partial charge in [0.1, 0.15) is 0 Å². The van der Waals surface area contributed by atoms with Crippen LogP contribution in [0.2, 0.25) is 0 Å². The average molecular weight is 338 g/mol. The summed E-state index contributed by atoms with van der Waals surface area (Å²) in [6.45, 7) is 10.7. The molecular formula is C22H31N3. The molecule has 0 aliphatic heterocycles. The number of allylic oxidation sites excluding steroid dienone is 2. The number of nitrogens with one attached hydrogen (secondary N) is 1. The fraction of sp³-hybridized carbons (Fsp3) is 0.409. The molecule has 2 rings (SSSR count). The zero-order valence-electron chi connectivity index (χ0n) is 16.4. The lowest BCUT2D eigenvalue weighted by Crippen LogP contribution is -2.25. The molecule has 0 unspecified atom stereocenters. The van der Waals surface area contributed by atoms with Crippen LogP contribution in [0, 0.1) is 6.92 Å². The maximum Gasteiger partial charge on any atom is 0.0499 e. The first-order chi connectivity index (χ1) is 12.0. The quantitative estimate of drug-likeness (QED) is 0.716. The average Bonchev–Trinajstić information content (AvgIpc) is 2.89. The third-order valence-electron chi connectivity index (χ3n) is 4.62. The highest BCUT2D eigenvalue weighted by Gasteiger charge is 2.12. The van der Waals surface area contributed by atoms with Gasteiger partial charge in [0.05, 0.1) is 0 Å². The zero-order valence-corrected chi connectivity index (χ0v) is 16.4. The van der Waals surface area contributed by atoms with E-state index in [0.29, 0.717) is 6.04 Å². The number of hydrogen-bond donors (Lipinski definition) is 1. The molecular weight excluding hydrogens is 306 g/mol. The van der Waals surface area contributed by atoms with E-state index in [4.69, 9.17) is 0 Å². The molecule has 0 aromatic carbocycles. The van der Waals surface area contributed by atoms with Crippen LogP contribution in [0.3, 0.4) is 0 Å². The SMILES string of the molecule is CC=Cc1cc(-c2ccnc(C)c2)n(C)c1/C=C(\C)NC(CC)CC. The highest BCUT2D eigenvalue weighted by Crippen LogP contribution is 2.27. The summed E-state index contributed by atoms with van der Waals surface area (Å²) in [7, 11) is 2.13. The Morgan fingerprint density at radius 3 is 2.60 bits per heavy atom. The summed E-state index contributed by atoms with van der Waals surface area (Å²) in [5.74, 6) is 0. The molecule has 0 spiro atoms. The molecule has 134 valence electrons. The van der Waals surface area contributed by atoms with Crippen LogP contribution in [0.5, 0.6) is 0 Å². The first kappa shape index (κ1) is 19.0. The molecule has 0 amide bonds. The maximum atomic E-state index is 4.32. The molecule has 0 aliphatic rings. The largest absolute Gasteiger partial charge is 0.386 e. The van der Waals surface area contributed by atoms with Crippen LogP contribution in [0.15, 0.2) is 36.2 Å². The molecule has 0 atom stereocenters. The van der Waals surface area contributed by atoms with Crippen LogP contribution < -0.4 is 5.32 Å². The zero-order chi connectivity index (χ0) is 18.4. The molecule has 1 N–H and O–H groups in total. The summed E-state index contributed by atoms with van der Waals surface area (Å²) in [5.41, 5.74) is 7.11. The van der Waals surface area contributed by atoms with Crippen molar-refractivity contribution < 1.29 is 0 Å². The van der Waals surface area contributed by atoms with Crippen LogP contribution in [-0.2, 0) is 7.05 Å². The summed E-state index contributed by atoms with van der Waals surface area (Å²) in [6, 6.07) is 7.00. The van der Waals surface area contributed by atoms with Crippen LogP contribution in [0.25, 0.3) is 23.4 Å². The molecule has 0 saturated carbocycles. The second-order valence-corrected chi connectivity index (χ2v) is 6.60. The summed E-state index contributed by atoms with van der Waals surface area (Å²) in [6.07, 6.45) is 10.7. The van der Waals surface area contributed by atoms with Crippen LogP contribution >= 0.6 is 0 Å². The van der Waals surface area contributed by atoms with Crippen molar-refractivity contribution in [3.8, 4) is 11.3 Å². The van der Waals surface area contributed by atoms with E-state index in [2.05, 4.69) is 86.0 Å². The first-order valence-corrected chi connectivity index (χ1v) is 9.20. The normalized spacial score (nSPS) is 12.4. The van der Waals surface area contributed by atoms with Gasteiger partial charge in [0.2, 0.25) is 0 Å². The van der Waals surface area contributed by atoms with E-state index >= 15 is 0 Å². The van der Waals surface area contributed by atoms with Crippen molar-refractivity contribution in [1.82, 2.24) is 14.9 Å². The van der Waals surface area contributed by atoms with Crippen LogP contribution in [-0.4, -0.2) is 15.6 Å². The fourth-order valence-corrected chi connectivity index (χ4v) is 3.18. The Morgan fingerprint density at radius 1 is 1.28 bits per heavy atom. The van der Waals surface area contributed by atoms with Gasteiger partial charge in [0.15, 0.2) is 0 Å². The van der Waals surface area contributed by atoms with Gasteiger partial charge in [-0.05, 0) is 63.5 Å². The number of pyridine rings is 1. The van der Waals surface area contributed by atoms with Gasteiger partial charge in [0.25, 0.3) is 0 Å². The third-order valence-corrected chi connectivity index (χ3v) is 4.62. The van der Waals surface area contributed by atoms with Crippen molar-refractivity contribution in [1.29, 1.82) is 0 Å². The smallest absolute Gasteiger partial charge is 0.0499 e. The molecule has 2 aromatic heterocycles. The van der Waals surface area contributed by atoms with Gasteiger partial charge in [-0.25, -0.2) is 0 Å². The van der Waals surface area contributed by atoms with Crippen LogP contribution in [0.1, 0.15) is 57.5 Å². The minimum atomic E-state index is 0.531. The van der Waals surface area contributed by atoms with Gasteiger partial charge in [-0.3, -0.25) is 4.98 Å². The lowest BCUT2D eigenvalue weighted by Gasteiger charge is -2.17. The van der Waals surface area contributed by atoms with Crippen molar-refractivity contribution in [2.24, 2.45) is 7.05 Å². The Kier molecular flexibility index (Phi) is 6.63. The number of aryl methyl sites for hydroxylation is 1. The van der Waals surface area contributed by atoms with Gasteiger partial charge in [-0.1, -0.05) is 26.0 Å². The number of nitrogens with zero attached hydrogens (tertiary/aromatic N) is 2. The number of aromatic nitrogens is 2. The minimum Gasteiger partial charge on any atom is -0.386 e. The van der Waals surface area contributed by atoms with Crippen molar-refractivity contribution in [2.75, 3.05) is 0 Å². The molecule has 0 fully saturated rings. The van der Waals surface area contributed by atoms with E-state index in [-0.39, 0.29) is 0 Å². The van der Waals surface area contributed by atoms with Crippen molar-refractivity contribution in [2.45, 2.75) is 53.5 Å². The van der Waals surface area contributed by atoms with Gasteiger partial charge < -0.3 is 9.88 Å². The highest BCUT2D eigenvalue weighted by molar-refractivity contribution is 5.73. The topological polar surface area (TPSA) is 29.9 Å². The Labute approximate surface area is 152 Å². The summed E-state index contributed by atoms with van der Waals surface area (Å²) >= 11 is 0. The lowest BCUT2D eigenvalue weighted by atomic mass is 10.1. The number of hydrogen-bond acceptors (Lipinski definition) is 2. The van der Waals surface area contributed by atoms with Gasteiger partial charge in [-0.15, -0.1) is 0 Å². The molecule has 0 saturated heterocycles. The van der Waals surface area contributed by atoms with Crippen molar-refractivity contribution in [3.05, 3.63) is 53.1 Å². The van der Waals surface area contributed by atoms with E-state index in [1.807, 2.05) is 13.1 Å². The number of rotatable bonds is 7. The standard InChI is InChI=1S/C22H31N3/c1-7-10-18-15-22(19-11-12-23-16(4)13-19)25(6)21(18)14-17(5)24-20(8-2)9-3/h7,10-15,20,24H,8-9H2,1-6H3/b10-7?,17-14+. The Hall–Kier alpha value is -2.29. The van der Waals surface area contributed by atoms with E-state index in [0.717, 1.165) is 18.5 Å². The minimum absolute atomic E-state index is 0.531. The second-order valence-electron chi connectivity index (χ2n) is 6.60. The Balaban J connectivity index is 2.47. The van der Waals surface area contributed by atoms with Gasteiger partial charge >= 0.3 is 0 Å². The first-order valence-electron chi connectivity index (χ1n) is 9.20. The van der Waals surface area contributed by atoms with E-state index in [9.17, 15) is 0 Å². The predicted molar refractivity (Wildman–Crippen MR) is 109 cm³/mol. The van der Waals surface area contributed by atoms with Crippen molar-refractivity contribution >= 4 is 12.2 Å². The lowest BCUT2D eigenvalue weighted by molar-refractivity contribution is 0.535. The van der Waals surface area contributed by atoms with Crippen molar-refractivity contribution in [3.63, 3.8) is 0 Å². The van der Waals surface area contributed by atoms with Gasteiger partial charge in [-0.2, -0.15) is 0 Å². The summed E-state index contributed by atoms with van der Waals surface area (Å²) < 4.78 is 2.27. The molecule has 3 heteroatoms. The summed E-state index contributed by atoms with van der Waals surface area (Å²) in [4.78, 5) is 4.32. The maximum absolute atomic E-state index is 4.32. The second kappa shape index (κ2) is 8.70. The van der Waals surface area contributed by atoms with E-state index in [1.165, 1.54) is 28.2 Å². The highest BCUT2D eigenvalue weighted by atomic mass is 15.0. The molecule has 0 bridgehead atoms. The molecule has 0 aliphatic carbocycles. The Bertz CT molecular complexity index is 762. The molecule has 3 nitrogen and oxygen atoms in total. The van der Waals surface area contributed by atoms with Crippen LogP contribution in [0.4, 0.5) is 0 Å². The molecule has 25 heavy (non-hydrogen) atoms. The van der Waals surface area contributed by atoms with E-state index < -0.39 is 0 Å². The summed E-state index contributed by atoms with van der Waals surface area (Å²) in [5, 5.41) is 3.63. The predicted octanol–water partition coefficient (Wildman–Crippen LogP) is 5.57. The van der Waals surface area contributed by atoms with E-state index in [1.54, 1.807) is 0 Å². The molecule has 0 radical (unpaired) electrons. The van der Waals surface area contributed by atoms with Gasteiger partial charge in [0, 0.05) is 47.6 Å². The molecule has 2 heterocycles. The third kappa shape index (κ3) is 4.62.